The molecule has 0 saturated carbocycles. The quantitative estimate of drug-likeness (QED) is 0.918. The summed E-state index contributed by atoms with van der Waals surface area (Å²) >= 11 is 0. The highest BCUT2D eigenvalue weighted by molar-refractivity contribution is 5.27. The molecule has 0 amide bonds. The molecule has 2 aliphatic rings. The van der Waals surface area contributed by atoms with Crippen LogP contribution >= 0.6 is 0 Å². The van der Waals surface area contributed by atoms with Gasteiger partial charge in [0.1, 0.15) is 0 Å². The van der Waals surface area contributed by atoms with Gasteiger partial charge in [-0.15, -0.1) is 0 Å². The third-order valence-corrected chi connectivity index (χ3v) is 4.91. The standard InChI is InChI=1S/C18H29N3/c1-18(2,3)16-6-4-15(5-7-16)14-20-8-10-21(11-9-20)17-12-19-13-17/h4-7,17,19H,8-14H2,1-3H3. The van der Waals surface area contributed by atoms with Crippen molar-refractivity contribution in [2.75, 3.05) is 39.3 Å². The molecular formula is C18H29N3. The first-order chi connectivity index (χ1) is 10.0. The molecule has 0 atom stereocenters. The van der Waals surface area contributed by atoms with Gasteiger partial charge in [-0.05, 0) is 16.5 Å². The van der Waals surface area contributed by atoms with Gasteiger partial charge < -0.3 is 5.32 Å². The Bertz CT molecular complexity index is 448. The third-order valence-electron chi connectivity index (χ3n) is 4.91. The number of nitrogens with zero attached hydrogens (tertiary/aromatic N) is 2. The highest BCUT2D eigenvalue weighted by Gasteiger charge is 2.27. The van der Waals surface area contributed by atoms with Gasteiger partial charge in [-0.1, -0.05) is 45.0 Å². The van der Waals surface area contributed by atoms with E-state index in [2.05, 4.69) is 60.2 Å². The molecule has 0 bridgehead atoms. The van der Waals surface area contributed by atoms with Gasteiger partial charge in [0, 0.05) is 51.9 Å². The van der Waals surface area contributed by atoms with E-state index in [4.69, 9.17) is 0 Å². The number of rotatable bonds is 3. The molecule has 0 spiro atoms. The average Bonchev–Trinajstić information content (AvgIpc) is 2.39. The molecule has 2 fully saturated rings. The number of hydrogen-bond donors (Lipinski definition) is 1. The van der Waals surface area contributed by atoms with Crippen LogP contribution < -0.4 is 5.32 Å². The molecule has 3 nitrogen and oxygen atoms in total. The summed E-state index contributed by atoms with van der Waals surface area (Å²) in [6, 6.07) is 10.0. The van der Waals surface area contributed by atoms with E-state index in [1.165, 1.54) is 50.4 Å². The van der Waals surface area contributed by atoms with Crippen LogP contribution in [-0.4, -0.2) is 55.1 Å². The van der Waals surface area contributed by atoms with Crippen LogP contribution in [0.2, 0.25) is 0 Å². The van der Waals surface area contributed by atoms with E-state index < -0.39 is 0 Å². The summed E-state index contributed by atoms with van der Waals surface area (Å²) in [4.78, 5) is 5.24. The summed E-state index contributed by atoms with van der Waals surface area (Å²) in [5, 5.41) is 3.37. The first-order valence-corrected chi connectivity index (χ1v) is 8.29. The van der Waals surface area contributed by atoms with Gasteiger partial charge >= 0.3 is 0 Å². The lowest BCUT2D eigenvalue weighted by molar-refractivity contribution is 0.0695. The smallest absolute Gasteiger partial charge is 0.0346 e. The zero-order valence-corrected chi connectivity index (χ0v) is 13.7. The molecule has 21 heavy (non-hydrogen) atoms. The van der Waals surface area contributed by atoms with Gasteiger partial charge in [-0.3, -0.25) is 9.80 Å². The van der Waals surface area contributed by atoms with Crippen molar-refractivity contribution in [3.63, 3.8) is 0 Å². The topological polar surface area (TPSA) is 18.5 Å². The molecule has 0 radical (unpaired) electrons. The van der Waals surface area contributed by atoms with Crippen molar-refractivity contribution in [3.8, 4) is 0 Å². The largest absolute Gasteiger partial charge is 0.314 e. The SMILES string of the molecule is CC(C)(C)c1ccc(CN2CCN(C3CNC3)CC2)cc1. The minimum Gasteiger partial charge on any atom is -0.314 e. The van der Waals surface area contributed by atoms with E-state index >= 15 is 0 Å². The first-order valence-electron chi connectivity index (χ1n) is 8.29. The predicted octanol–water partition coefficient (Wildman–Crippen LogP) is 2.07. The minimum absolute atomic E-state index is 0.251. The molecule has 1 aromatic carbocycles. The van der Waals surface area contributed by atoms with Crippen LogP contribution in [0.15, 0.2) is 24.3 Å². The molecular weight excluding hydrogens is 258 g/mol. The first kappa shape index (κ1) is 15.0. The third kappa shape index (κ3) is 3.65. The molecule has 3 rings (SSSR count). The highest BCUT2D eigenvalue weighted by Crippen LogP contribution is 2.22. The molecule has 2 aliphatic heterocycles. The Hall–Kier alpha value is -0.900. The number of benzene rings is 1. The van der Waals surface area contributed by atoms with Crippen molar-refractivity contribution in [2.24, 2.45) is 0 Å². The lowest BCUT2D eigenvalue weighted by Gasteiger charge is -2.43. The summed E-state index contributed by atoms with van der Waals surface area (Å²) < 4.78 is 0. The Morgan fingerprint density at radius 2 is 1.62 bits per heavy atom. The van der Waals surface area contributed by atoms with Crippen LogP contribution in [0, 0.1) is 0 Å². The van der Waals surface area contributed by atoms with Crippen LogP contribution in [0.1, 0.15) is 31.9 Å². The highest BCUT2D eigenvalue weighted by atomic mass is 15.3. The van der Waals surface area contributed by atoms with Gasteiger partial charge in [-0.25, -0.2) is 0 Å². The molecule has 1 aromatic rings. The van der Waals surface area contributed by atoms with Gasteiger partial charge in [0.05, 0.1) is 0 Å². The fourth-order valence-electron chi connectivity index (χ4n) is 3.19. The summed E-state index contributed by atoms with van der Waals surface area (Å²) in [7, 11) is 0. The molecule has 0 aromatic heterocycles. The average molecular weight is 287 g/mol. The zero-order valence-electron chi connectivity index (χ0n) is 13.7. The molecule has 2 saturated heterocycles. The van der Waals surface area contributed by atoms with E-state index in [9.17, 15) is 0 Å². The Kier molecular flexibility index (Phi) is 4.34. The lowest BCUT2D eigenvalue weighted by Crippen LogP contribution is -2.61. The maximum absolute atomic E-state index is 3.37. The van der Waals surface area contributed by atoms with Crippen LogP contribution in [0.5, 0.6) is 0 Å². The molecule has 0 unspecified atom stereocenters. The van der Waals surface area contributed by atoms with E-state index in [1.54, 1.807) is 0 Å². The second-order valence-electron chi connectivity index (χ2n) is 7.57. The molecule has 3 heteroatoms. The van der Waals surface area contributed by atoms with E-state index in [0.29, 0.717) is 0 Å². The summed E-state index contributed by atoms with van der Waals surface area (Å²) in [5.74, 6) is 0. The van der Waals surface area contributed by atoms with E-state index in [-0.39, 0.29) is 5.41 Å². The summed E-state index contributed by atoms with van der Waals surface area (Å²) in [6.07, 6.45) is 0. The minimum atomic E-state index is 0.251. The Morgan fingerprint density at radius 3 is 2.10 bits per heavy atom. The molecule has 1 N–H and O–H groups in total. The van der Waals surface area contributed by atoms with Gasteiger partial charge in [-0.2, -0.15) is 0 Å². The van der Waals surface area contributed by atoms with Crippen LogP contribution in [0.3, 0.4) is 0 Å². The van der Waals surface area contributed by atoms with Crippen molar-refractivity contribution in [2.45, 2.75) is 38.8 Å². The van der Waals surface area contributed by atoms with E-state index in [1.807, 2.05) is 0 Å². The lowest BCUT2D eigenvalue weighted by atomic mass is 9.87. The maximum Gasteiger partial charge on any atom is 0.0346 e. The Labute approximate surface area is 129 Å². The van der Waals surface area contributed by atoms with Crippen molar-refractivity contribution >= 4 is 0 Å². The Morgan fingerprint density at radius 1 is 1.00 bits per heavy atom. The van der Waals surface area contributed by atoms with E-state index in [0.717, 1.165) is 12.6 Å². The van der Waals surface area contributed by atoms with Gasteiger partial charge in [0.25, 0.3) is 0 Å². The van der Waals surface area contributed by atoms with Crippen molar-refractivity contribution < 1.29 is 0 Å². The normalized spacial score (nSPS) is 22.2. The fourth-order valence-corrected chi connectivity index (χ4v) is 3.19. The van der Waals surface area contributed by atoms with Crippen molar-refractivity contribution in [1.82, 2.24) is 15.1 Å². The predicted molar refractivity (Wildman–Crippen MR) is 88.6 cm³/mol. The van der Waals surface area contributed by atoms with Crippen LogP contribution in [0.25, 0.3) is 0 Å². The van der Waals surface area contributed by atoms with Crippen LogP contribution in [0.4, 0.5) is 0 Å². The van der Waals surface area contributed by atoms with Crippen LogP contribution in [-0.2, 0) is 12.0 Å². The van der Waals surface area contributed by atoms with Gasteiger partial charge in [0.15, 0.2) is 0 Å². The number of nitrogens with one attached hydrogen (secondary N) is 1. The fraction of sp³-hybridized carbons (Fsp3) is 0.667. The van der Waals surface area contributed by atoms with Crippen molar-refractivity contribution in [3.05, 3.63) is 35.4 Å². The number of piperazine rings is 1. The molecule has 2 heterocycles. The van der Waals surface area contributed by atoms with Gasteiger partial charge in [0.2, 0.25) is 0 Å². The molecule has 0 aliphatic carbocycles. The molecule has 116 valence electrons. The monoisotopic (exact) mass is 287 g/mol. The maximum atomic E-state index is 3.37. The second kappa shape index (κ2) is 6.07. The summed E-state index contributed by atoms with van der Waals surface area (Å²) in [6.45, 7) is 15.2. The second-order valence-corrected chi connectivity index (χ2v) is 7.57. The Balaban J connectivity index is 1.51. The number of hydrogen-bond acceptors (Lipinski definition) is 3. The zero-order chi connectivity index (χ0) is 14.9. The van der Waals surface area contributed by atoms with Crippen molar-refractivity contribution in [1.29, 1.82) is 0 Å². The summed E-state index contributed by atoms with van der Waals surface area (Å²) in [5.41, 5.74) is 3.12.